The Morgan fingerprint density at radius 3 is 1.83 bits per heavy atom. The Labute approximate surface area is 147 Å². The average molecular weight is 341 g/mol. The second-order valence-corrected chi connectivity index (χ2v) is 7.19. The van der Waals surface area contributed by atoms with Crippen molar-refractivity contribution in [2.45, 2.75) is 108 Å². The molecule has 0 fully saturated rings. The zero-order valence-corrected chi connectivity index (χ0v) is 15.3. The number of aliphatic hydroxyl groups is 3. The molecule has 0 aromatic rings. The van der Waals surface area contributed by atoms with E-state index in [1.165, 1.54) is 63.9 Å². The van der Waals surface area contributed by atoms with Gasteiger partial charge in [-0.3, -0.25) is 4.79 Å². The van der Waals surface area contributed by atoms with Gasteiger partial charge in [0.25, 0.3) is 0 Å². The van der Waals surface area contributed by atoms with Crippen LogP contribution in [0.5, 0.6) is 0 Å². The lowest BCUT2D eigenvalue weighted by Gasteiger charge is -2.30. The number of carbonyl (C=O) groups excluding carboxylic acids is 1. The zero-order valence-electron chi connectivity index (χ0n) is 15.3. The summed E-state index contributed by atoms with van der Waals surface area (Å²) in [4.78, 5) is 11.6. The van der Waals surface area contributed by atoms with E-state index in [4.69, 9.17) is 0 Å². The van der Waals surface area contributed by atoms with Gasteiger partial charge in [-0.05, 0) is 18.6 Å². The van der Waals surface area contributed by atoms with Gasteiger partial charge in [0.15, 0.2) is 11.4 Å². The number of carbonyl (C=O) groups is 1. The second-order valence-electron chi connectivity index (χ2n) is 7.19. The molecule has 140 valence electrons. The number of rotatable bonds is 14. The Balaban J connectivity index is 1.96. The molecule has 24 heavy (non-hydrogen) atoms. The quantitative estimate of drug-likeness (QED) is 0.422. The van der Waals surface area contributed by atoms with Gasteiger partial charge in [0.05, 0.1) is 6.10 Å². The molecule has 0 amide bonds. The van der Waals surface area contributed by atoms with Crippen LogP contribution in [0.1, 0.15) is 90.4 Å². The van der Waals surface area contributed by atoms with E-state index in [0.717, 1.165) is 25.3 Å². The van der Waals surface area contributed by atoms with Crippen molar-refractivity contribution in [3.63, 3.8) is 0 Å². The smallest absolute Gasteiger partial charge is 0.192 e. The fraction of sp³-hybridized carbons (Fsp3) is 0.850. The highest BCUT2D eigenvalue weighted by atomic mass is 16.4. The van der Waals surface area contributed by atoms with Crippen LogP contribution in [0.3, 0.4) is 0 Å². The number of ketones is 1. The molecule has 1 aliphatic rings. The van der Waals surface area contributed by atoms with Gasteiger partial charge in [-0.15, -0.1) is 0 Å². The highest BCUT2D eigenvalue weighted by Crippen LogP contribution is 2.27. The maximum atomic E-state index is 11.6. The third kappa shape index (κ3) is 6.66. The van der Waals surface area contributed by atoms with Crippen molar-refractivity contribution in [1.29, 1.82) is 0 Å². The lowest BCUT2D eigenvalue weighted by Crippen LogP contribution is -2.54. The largest absolute Gasteiger partial charge is 0.390 e. The molecular formula is C20H36O4. The Morgan fingerprint density at radius 1 is 0.958 bits per heavy atom. The summed E-state index contributed by atoms with van der Waals surface area (Å²) < 4.78 is 0. The van der Waals surface area contributed by atoms with E-state index in [1.807, 2.05) is 0 Å². The van der Waals surface area contributed by atoms with E-state index in [0.29, 0.717) is 6.42 Å². The van der Waals surface area contributed by atoms with E-state index >= 15 is 0 Å². The molecule has 0 unspecified atom stereocenters. The summed E-state index contributed by atoms with van der Waals surface area (Å²) in [5.41, 5.74) is -2.03. The van der Waals surface area contributed by atoms with Crippen molar-refractivity contribution in [1.82, 2.24) is 0 Å². The van der Waals surface area contributed by atoms with Gasteiger partial charge in [-0.2, -0.15) is 0 Å². The molecule has 1 rings (SSSR count). The molecule has 4 nitrogen and oxygen atoms in total. The van der Waals surface area contributed by atoms with Crippen molar-refractivity contribution in [3.05, 3.63) is 12.2 Å². The van der Waals surface area contributed by atoms with E-state index in [2.05, 4.69) is 6.92 Å². The molecule has 0 saturated carbocycles. The van der Waals surface area contributed by atoms with E-state index in [9.17, 15) is 20.1 Å². The van der Waals surface area contributed by atoms with Crippen molar-refractivity contribution in [2.75, 3.05) is 0 Å². The summed E-state index contributed by atoms with van der Waals surface area (Å²) in [6.45, 7) is 2.24. The summed E-state index contributed by atoms with van der Waals surface area (Å²) >= 11 is 0. The molecule has 1 aliphatic carbocycles. The normalized spacial score (nSPS) is 24.7. The van der Waals surface area contributed by atoms with Crippen molar-refractivity contribution in [3.8, 4) is 0 Å². The Hall–Kier alpha value is -0.710. The molecule has 0 spiro atoms. The van der Waals surface area contributed by atoms with Gasteiger partial charge < -0.3 is 15.3 Å². The highest BCUT2D eigenvalue weighted by Gasteiger charge is 2.50. The molecule has 4 heteroatoms. The molecule has 0 aliphatic heterocycles. The van der Waals surface area contributed by atoms with Crippen LogP contribution in [-0.4, -0.2) is 38.9 Å². The maximum absolute atomic E-state index is 11.6. The highest BCUT2D eigenvalue weighted by molar-refractivity contribution is 6.00. The number of unbranched alkanes of at least 4 members (excludes halogenated alkanes) is 11. The maximum Gasteiger partial charge on any atom is 0.192 e. The summed E-state index contributed by atoms with van der Waals surface area (Å²) in [6.07, 6.45) is 15.0. The molecule has 0 saturated heterocycles. The Kier molecular flexibility index (Phi) is 10.5. The van der Waals surface area contributed by atoms with Crippen molar-refractivity contribution < 1.29 is 20.1 Å². The summed E-state index contributed by atoms with van der Waals surface area (Å²) in [5, 5.41) is 29.9. The molecule has 0 heterocycles. The van der Waals surface area contributed by atoms with E-state index in [1.54, 1.807) is 0 Å². The first kappa shape index (κ1) is 21.3. The summed E-state index contributed by atoms with van der Waals surface area (Å²) in [5.74, 6) is -0.596. The number of hydrogen-bond donors (Lipinski definition) is 3. The lowest BCUT2D eigenvalue weighted by molar-refractivity contribution is -0.158. The van der Waals surface area contributed by atoms with E-state index in [-0.39, 0.29) is 0 Å². The van der Waals surface area contributed by atoms with Crippen molar-refractivity contribution in [2.24, 2.45) is 0 Å². The van der Waals surface area contributed by atoms with Gasteiger partial charge in [-0.1, -0.05) is 84.0 Å². The summed E-state index contributed by atoms with van der Waals surface area (Å²) in [7, 11) is 0. The number of aliphatic hydroxyl groups excluding tert-OH is 2. The molecule has 3 atom stereocenters. The Bertz CT molecular complexity index is 380. The van der Waals surface area contributed by atoms with Crippen LogP contribution in [0.4, 0.5) is 0 Å². The number of hydrogen-bond acceptors (Lipinski definition) is 4. The first-order chi connectivity index (χ1) is 11.5. The molecule has 0 bridgehead atoms. The molecular weight excluding hydrogens is 304 g/mol. The zero-order chi connectivity index (χ0) is 17.8. The average Bonchev–Trinajstić information content (AvgIpc) is 2.84. The fourth-order valence-corrected chi connectivity index (χ4v) is 3.36. The topological polar surface area (TPSA) is 77.8 Å². The van der Waals surface area contributed by atoms with Crippen LogP contribution in [0, 0.1) is 0 Å². The summed E-state index contributed by atoms with van der Waals surface area (Å²) in [6, 6.07) is 0. The molecule has 0 aromatic carbocycles. The minimum absolute atomic E-state index is 0.346. The third-order valence-corrected chi connectivity index (χ3v) is 5.11. The van der Waals surface area contributed by atoms with Gasteiger partial charge in [0.1, 0.15) is 6.10 Å². The van der Waals surface area contributed by atoms with Gasteiger partial charge in [-0.25, -0.2) is 0 Å². The fourth-order valence-electron chi connectivity index (χ4n) is 3.36. The van der Waals surface area contributed by atoms with Crippen LogP contribution >= 0.6 is 0 Å². The first-order valence-electron chi connectivity index (χ1n) is 9.84. The predicted octanol–water partition coefficient (Wildman–Crippen LogP) is 3.67. The van der Waals surface area contributed by atoms with Crippen LogP contribution < -0.4 is 0 Å². The Morgan fingerprint density at radius 2 is 1.42 bits per heavy atom. The monoisotopic (exact) mass is 340 g/mol. The lowest BCUT2D eigenvalue weighted by atomic mass is 9.87. The molecule has 0 radical (unpaired) electrons. The minimum atomic E-state index is -2.03. The second kappa shape index (κ2) is 11.8. The van der Waals surface area contributed by atoms with Crippen LogP contribution in [-0.2, 0) is 4.79 Å². The first-order valence-corrected chi connectivity index (χ1v) is 9.84. The van der Waals surface area contributed by atoms with Gasteiger partial charge in [0, 0.05) is 0 Å². The standard InChI is InChI=1S/C20H36O4/c1-2-3-4-5-6-7-8-9-10-11-12-13-14-17(21)20(24)18(22)15-16-19(20)23/h15-18,21-22,24H,2-14H2,1H3/t17-,18+,20+/m0/s1. The van der Waals surface area contributed by atoms with Crippen LogP contribution in [0.25, 0.3) is 0 Å². The van der Waals surface area contributed by atoms with Gasteiger partial charge >= 0.3 is 0 Å². The van der Waals surface area contributed by atoms with Crippen LogP contribution in [0.15, 0.2) is 12.2 Å². The molecule has 3 N–H and O–H groups in total. The molecule has 0 aromatic heterocycles. The van der Waals surface area contributed by atoms with Gasteiger partial charge in [0.2, 0.25) is 0 Å². The van der Waals surface area contributed by atoms with Crippen molar-refractivity contribution >= 4 is 5.78 Å². The minimum Gasteiger partial charge on any atom is -0.390 e. The third-order valence-electron chi connectivity index (χ3n) is 5.11. The van der Waals surface area contributed by atoms with Crippen LogP contribution in [0.2, 0.25) is 0 Å². The predicted molar refractivity (Wildman–Crippen MR) is 96.8 cm³/mol. The SMILES string of the molecule is CCCCCCCCCCCCCC[C@H](O)[C@]1(O)C(=O)C=C[C@H]1O. The van der Waals surface area contributed by atoms with E-state index < -0.39 is 23.6 Å².